The van der Waals surface area contributed by atoms with Gasteiger partial charge < -0.3 is 9.47 Å². The summed E-state index contributed by atoms with van der Waals surface area (Å²) in [5, 5.41) is 14.8. The number of nitrogens with zero attached hydrogens (tertiary/aromatic N) is 2. The molecular formula is C18H19N3O6. The predicted molar refractivity (Wildman–Crippen MR) is 97.8 cm³/mol. The Morgan fingerprint density at radius 1 is 1.26 bits per heavy atom. The highest BCUT2D eigenvalue weighted by molar-refractivity contribution is 6.00. The number of hydrogen-bond acceptors (Lipinski definition) is 7. The van der Waals surface area contributed by atoms with Crippen molar-refractivity contribution < 1.29 is 24.0 Å². The molecule has 0 saturated heterocycles. The van der Waals surface area contributed by atoms with Crippen molar-refractivity contribution in [1.82, 2.24) is 10.3 Å². The highest BCUT2D eigenvalue weighted by Gasteiger charge is 2.23. The van der Waals surface area contributed by atoms with Gasteiger partial charge in [-0.25, -0.2) is 9.59 Å². The third kappa shape index (κ3) is 5.00. The number of benzene rings is 1. The number of methoxy groups -OCH3 is 1. The van der Waals surface area contributed by atoms with Crippen molar-refractivity contribution in [3.8, 4) is 0 Å². The predicted octanol–water partition coefficient (Wildman–Crippen LogP) is 3.18. The fraction of sp³-hybridized carbons (Fsp3) is 0.278. The summed E-state index contributed by atoms with van der Waals surface area (Å²) in [4.78, 5) is 39.0. The molecule has 2 rings (SSSR count). The summed E-state index contributed by atoms with van der Waals surface area (Å²) in [7, 11) is 1.13. The van der Waals surface area contributed by atoms with Gasteiger partial charge in [0.05, 0.1) is 23.0 Å². The Labute approximate surface area is 155 Å². The first-order chi connectivity index (χ1) is 12.6. The van der Waals surface area contributed by atoms with Gasteiger partial charge in [0.1, 0.15) is 11.3 Å². The molecule has 1 heterocycles. The molecule has 1 aromatic carbocycles. The van der Waals surface area contributed by atoms with Gasteiger partial charge in [-0.15, -0.1) is 0 Å². The zero-order valence-corrected chi connectivity index (χ0v) is 15.3. The van der Waals surface area contributed by atoms with Crippen molar-refractivity contribution in [2.24, 2.45) is 0 Å². The van der Waals surface area contributed by atoms with Gasteiger partial charge in [-0.3, -0.25) is 20.4 Å². The quantitative estimate of drug-likeness (QED) is 0.378. The molecule has 0 spiro atoms. The molecule has 1 N–H and O–H groups in total. The summed E-state index contributed by atoms with van der Waals surface area (Å²) in [6, 6.07) is 4.59. The van der Waals surface area contributed by atoms with Crippen LogP contribution in [0.5, 0.6) is 0 Å². The Morgan fingerprint density at radius 3 is 2.56 bits per heavy atom. The number of amides is 1. The second kappa shape index (κ2) is 7.81. The fourth-order valence-electron chi connectivity index (χ4n) is 2.31. The van der Waals surface area contributed by atoms with Gasteiger partial charge >= 0.3 is 12.1 Å². The van der Waals surface area contributed by atoms with Gasteiger partial charge in [0.25, 0.3) is 5.69 Å². The molecule has 27 heavy (non-hydrogen) atoms. The molecule has 0 aliphatic heterocycles. The Kier molecular flexibility index (Phi) is 5.74. The first-order valence-corrected chi connectivity index (χ1v) is 7.93. The lowest BCUT2D eigenvalue weighted by Gasteiger charge is -2.20. The molecule has 9 nitrogen and oxygen atoms in total. The number of carbonyl (C=O) groups is 2. The minimum absolute atomic E-state index is 0.121. The molecule has 2 aromatic rings. The Hall–Kier alpha value is -3.49. The number of ether oxygens (including phenoxy) is 2. The van der Waals surface area contributed by atoms with Gasteiger partial charge in [-0.2, -0.15) is 0 Å². The second-order valence-corrected chi connectivity index (χ2v) is 6.53. The maximum atomic E-state index is 12.0. The van der Waals surface area contributed by atoms with Crippen LogP contribution in [-0.2, 0) is 14.3 Å². The SMILES string of the molecule is COC(=O)/C(=C\c1ccc2cnccc2c1[N+](=O)[O-])NC(=O)OC(C)(C)C. The van der Waals surface area contributed by atoms with E-state index in [0.29, 0.717) is 10.8 Å². The van der Waals surface area contributed by atoms with E-state index >= 15 is 0 Å². The van der Waals surface area contributed by atoms with Crippen LogP contribution in [0.2, 0.25) is 0 Å². The molecule has 0 saturated carbocycles. The number of nitrogens with one attached hydrogen (secondary N) is 1. The van der Waals surface area contributed by atoms with Gasteiger partial charge in [-0.05, 0) is 39.0 Å². The van der Waals surface area contributed by atoms with Crippen molar-refractivity contribution in [1.29, 1.82) is 0 Å². The first-order valence-electron chi connectivity index (χ1n) is 7.93. The van der Waals surface area contributed by atoms with Crippen LogP contribution in [0.3, 0.4) is 0 Å². The average Bonchev–Trinajstić information content (AvgIpc) is 2.58. The van der Waals surface area contributed by atoms with E-state index in [1.807, 2.05) is 0 Å². The molecule has 9 heteroatoms. The van der Waals surface area contributed by atoms with Crippen molar-refractivity contribution in [3.05, 3.63) is 52.0 Å². The van der Waals surface area contributed by atoms with E-state index in [2.05, 4.69) is 15.0 Å². The van der Waals surface area contributed by atoms with E-state index in [4.69, 9.17) is 4.74 Å². The minimum atomic E-state index is -0.883. The number of rotatable bonds is 4. The van der Waals surface area contributed by atoms with E-state index < -0.39 is 22.6 Å². The number of esters is 1. The monoisotopic (exact) mass is 373 g/mol. The number of alkyl carbamates (subject to hydrolysis) is 1. The largest absolute Gasteiger partial charge is 0.464 e. The number of nitro groups is 1. The highest BCUT2D eigenvalue weighted by atomic mass is 16.6. The number of carbonyl (C=O) groups excluding carboxylic acids is 2. The second-order valence-electron chi connectivity index (χ2n) is 6.53. The molecule has 0 atom stereocenters. The summed E-state index contributed by atoms with van der Waals surface area (Å²) in [5.41, 5.74) is -1.17. The Bertz CT molecular complexity index is 930. The molecule has 1 aromatic heterocycles. The summed E-state index contributed by atoms with van der Waals surface area (Å²) < 4.78 is 9.75. The summed E-state index contributed by atoms with van der Waals surface area (Å²) in [5.74, 6) is -0.870. The lowest BCUT2D eigenvalue weighted by Crippen LogP contribution is -2.34. The molecule has 0 unspecified atom stereocenters. The lowest BCUT2D eigenvalue weighted by atomic mass is 10.0. The van der Waals surface area contributed by atoms with E-state index in [-0.39, 0.29) is 16.9 Å². The number of nitro benzene ring substituents is 1. The zero-order chi connectivity index (χ0) is 20.2. The number of fused-ring (bicyclic) bond motifs is 1. The van der Waals surface area contributed by atoms with E-state index in [0.717, 1.165) is 7.11 Å². The molecule has 0 aliphatic rings. The maximum Gasteiger partial charge on any atom is 0.412 e. The van der Waals surface area contributed by atoms with Crippen LogP contribution < -0.4 is 5.32 Å². The van der Waals surface area contributed by atoms with E-state index in [1.165, 1.54) is 30.6 Å². The van der Waals surface area contributed by atoms with Crippen LogP contribution in [0.25, 0.3) is 16.8 Å². The van der Waals surface area contributed by atoms with Crippen molar-refractivity contribution in [3.63, 3.8) is 0 Å². The first kappa shape index (κ1) is 19.8. The van der Waals surface area contributed by atoms with Gasteiger partial charge in [0.15, 0.2) is 0 Å². The van der Waals surface area contributed by atoms with Crippen molar-refractivity contribution in [2.45, 2.75) is 26.4 Å². The maximum absolute atomic E-state index is 12.0. The minimum Gasteiger partial charge on any atom is -0.464 e. The molecule has 0 radical (unpaired) electrons. The third-order valence-corrected chi connectivity index (χ3v) is 3.35. The van der Waals surface area contributed by atoms with Crippen LogP contribution in [0.4, 0.5) is 10.5 Å². The van der Waals surface area contributed by atoms with Gasteiger partial charge in [0, 0.05) is 17.8 Å². The number of aromatic nitrogens is 1. The molecular weight excluding hydrogens is 354 g/mol. The van der Waals surface area contributed by atoms with Crippen molar-refractivity contribution >= 4 is 34.6 Å². The number of pyridine rings is 1. The lowest BCUT2D eigenvalue weighted by molar-refractivity contribution is -0.383. The van der Waals surface area contributed by atoms with Gasteiger partial charge in [-0.1, -0.05) is 6.07 Å². The average molecular weight is 373 g/mol. The number of hydrogen-bond donors (Lipinski definition) is 1. The summed E-state index contributed by atoms with van der Waals surface area (Å²) >= 11 is 0. The van der Waals surface area contributed by atoms with E-state index in [1.54, 1.807) is 26.8 Å². The Balaban J connectivity index is 2.53. The van der Waals surface area contributed by atoms with Gasteiger partial charge in [0.2, 0.25) is 0 Å². The molecule has 142 valence electrons. The zero-order valence-electron chi connectivity index (χ0n) is 15.3. The van der Waals surface area contributed by atoms with Crippen LogP contribution in [-0.4, -0.2) is 34.7 Å². The molecule has 0 fully saturated rings. The van der Waals surface area contributed by atoms with Crippen LogP contribution in [0.15, 0.2) is 36.3 Å². The van der Waals surface area contributed by atoms with Crippen LogP contribution in [0, 0.1) is 10.1 Å². The van der Waals surface area contributed by atoms with Crippen LogP contribution in [0.1, 0.15) is 26.3 Å². The van der Waals surface area contributed by atoms with E-state index in [9.17, 15) is 19.7 Å². The standard InChI is InChI=1S/C18H19N3O6/c1-18(2,3)27-17(23)20-14(16(22)26-4)9-11-5-6-12-10-19-8-7-13(12)15(11)21(24)25/h5-10H,1-4H3,(H,20,23)/b14-9+. The highest BCUT2D eigenvalue weighted by Crippen LogP contribution is 2.30. The normalized spacial score (nSPS) is 11.8. The molecule has 0 bridgehead atoms. The fourth-order valence-corrected chi connectivity index (χ4v) is 2.31. The smallest absolute Gasteiger partial charge is 0.412 e. The van der Waals surface area contributed by atoms with Crippen LogP contribution >= 0.6 is 0 Å². The van der Waals surface area contributed by atoms with Crippen molar-refractivity contribution in [2.75, 3.05) is 7.11 Å². The molecule has 1 amide bonds. The topological polar surface area (TPSA) is 121 Å². The molecule has 0 aliphatic carbocycles. The Morgan fingerprint density at radius 2 is 1.96 bits per heavy atom. The summed E-state index contributed by atoms with van der Waals surface area (Å²) in [6.45, 7) is 4.99. The summed E-state index contributed by atoms with van der Waals surface area (Å²) in [6.07, 6.45) is 3.22. The third-order valence-electron chi connectivity index (χ3n) is 3.35.